The number of ether oxygens (including phenoxy) is 6. The van der Waals surface area contributed by atoms with E-state index in [9.17, 15) is 5.11 Å². The van der Waals surface area contributed by atoms with Crippen molar-refractivity contribution in [3.63, 3.8) is 0 Å². The summed E-state index contributed by atoms with van der Waals surface area (Å²) in [6, 6.07) is 0. The molecule has 3 aliphatic rings. The van der Waals surface area contributed by atoms with Crippen LogP contribution in [0.3, 0.4) is 0 Å². The second-order valence-electron chi connectivity index (χ2n) is 30.2. The van der Waals surface area contributed by atoms with Gasteiger partial charge in [-0.05, 0) is 151 Å². The fourth-order valence-corrected chi connectivity index (χ4v) is 12.7. The molecule has 3 radical (unpaired) electrons. The number of alkyl halides is 1. The molecule has 0 aromatic heterocycles. The van der Waals surface area contributed by atoms with Crippen molar-refractivity contribution in [2.75, 3.05) is 11.0 Å². The van der Waals surface area contributed by atoms with Crippen LogP contribution in [0.5, 0.6) is 0 Å². The van der Waals surface area contributed by atoms with Crippen LogP contribution < -0.4 is 18.9 Å². The van der Waals surface area contributed by atoms with E-state index in [0.717, 1.165) is 23.7 Å². The summed E-state index contributed by atoms with van der Waals surface area (Å²) in [5.41, 5.74) is 0. The summed E-state index contributed by atoms with van der Waals surface area (Å²) in [4.78, 5) is 0. The summed E-state index contributed by atoms with van der Waals surface area (Å²) in [7, 11) is -5.83. The maximum Gasteiger partial charge on any atom is 1.00 e. The van der Waals surface area contributed by atoms with E-state index in [-0.39, 0.29) is 135 Å². The Hall–Kier alpha value is 0.863. The van der Waals surface area contributed by atoms with Crippen molar-refractivity contribution in [1.82, 2.24) is 0 Å². The Balaban J connectivity index is -0.000000206. The number of rotatable bonds is 24. The van der Waals surface area contributed by atoms with Crippen LogP contribution in [0.2, 0.25) is 54.4 Å². The van der Waals surface area contributed by atoms with Gasteiger partial charge in [-0.1, -0.05) is 227 Å². The number of allylic oxidation sites excluding steroid dienone is 3. The van der Waals surface area contributed by atoms with Crippen LogP contribution >= 0.6 is 22.6 Å². The average molecular weight is 1350 g/mol. The third-order valence-corrected chi connectivity index (χ3v) is 31.7. The normalized spacial score (nSPS) is 24.7. The van der Waals surface area contributed by atoms with Gasteiger partial charge in [0.2, 0.25) is 0 Å². The zero-order valence-electron chi connectivity index (χ0n) is 58.9. The van der Waals surface area contributed by atoms with Crippen LogP contribution in [0.4, 0.5) is 0 Å². The Morgan fingerprint density at radius 1 is 0.452 bits per heavy atom. The van der Waals surface area contributed by atoms with Gasteiger partial charge in [0.15, 0.2) is 42.3 Å². The number of hydrogen-bond acceptors (Lipinski definition) is 10. The summed E-state index contributed by atoms with van der Waals surface area (Å²) < 4.78 is 58.9. The second kappa shape index (κ2) is 39.4. The van der Waals surface area contributed by atoms with E-state index < -0.39 is 42.3 Å². The number of aliphatic hydroxyl groups is 1. The molecule has 0 spiro atoms. The molecule has 0 aromatic carbocycles. The van der Waals surface area contributed by atoms with Crippen LogP contribution in [0.15, 0.2) is 36.5 Å². The molecule has 3 saturated heterocycles. The summed E-state index contributed by atoms with van der Waals surface area (Å²) in [5, 5.41) is 9.91. The summed E-state index contributed by atoms with van der Waals surface area (Å²) in [5.74, 6) is 1.55. The quantitative estimate of drug-likeness (QED) is 0.0435. The van der Waals surface area contributed by atoms with Gasteiger partial charge in [-0.3, -0.25) is 0 Å². The van der Waals surface area contributed by atoms with Gasteiger partial charge in [-0.2, -0.15) is 0 Å². The minimum atomic E-state index is -1.98. The maximum atomic E-state index is 9.46. The van der Waals surface area contributed by atoms with Gasteiger partial charge in [0.1, 0.15) is 18.3 Å². The fraction of sp³-hybridized carbons (Fsp3) is 0.912. The van der Waals surface area contributed by atoms with Gasteiger partial charge >= 0.3 is 18.9 Å². The molecule has 3 aliphatic heterocycles. The molecule has 10 nitrogen and oxygen atoms in total. The SMILES string of the molecule is C.C.C.C.CC(C)[C@H](C)/C=C\C(O[Si](C)(C)C(C)(C)C)[C@H]1OC(C)(C)O[C@H]1CCI.CC(C)[C@H](C)/C=C\C(O[Si](C)(C)C(C)(C)C)[C@H]1OC(C)(C)O[C@H]1CCO.CCC[C@@H]1OC(C)(C)O[C@@H]1C(/C=C\[C@@H](C)C(C)C)O[Si](C)(C)C(C)(C)C.[B].[H-].[Li+]. The van der Waals surface area contributed by atoms with Crippen LogP contribution in [0.25, 0.3) is 0 Å². The topological polar surface area (TPSA) is 103 Å². The van der Waals surface area contributed by atoms with Gasteiger partial charge in [0, 0.05) is 19.4 Å². The average Bonchev–Trinajstić information content (AvgIpc) is 3.87. The molecular formula is C68H144BILiO10Si3. The summed E-state index contributed by atoms with van der Waals surface area (Å²) in [6.45, 7) is 68.7. The first-order valence-corrected chi connectivity index (χ1v) is 40.7. The molecule has 0 aromatic rings. The van der Waals surface area contributed by atoms with E-state index in [4.69, 9.17) is 41.7 Å². The second-order valence-corrected chi connectivity index (χ2v) is 45.5. The van der Waals surface area contributed by atoms with E-state index in [1.807, 2.05) is 41.5 Å². The predicted octanol–water partition coefficient (Wildman–Crippen LogP) is 17.5. The summed E-state index contributed by atoms with van der Waals surface area (Å²) >= 11 is 2.42. The third kappa shape index (κ3) is 31.5. The zero-order chi connectivity index (χ0) is 61.0. The van der Waals surface area contributed by atoms with Crippen molar-refractivity contribution in [2.24, 2.45) is 35.5 Å². The molecule has 0 aliphatic carbocycles. The van der Waals surface area contributed by atoms with E-state index in [0.29, 0.717) is 41.9 Å². The molecule has 3 fully saturated rings. The van der Waals surface area contributed by atoms with Crippen LogP contribution in [-0.2, 0) is 41.7 Å². The molecule has 12 atom stereocenters. The number of halogens is 1. The number of aliphatic hydroxyl groups excluding tert-OH is 1. The first-order valence-electron chi connectivity index (χ1n) is 30.4. The van der Waals surface area contributed by atoms with Crippen LogP contribution in [-0.4, -0.2) is 122 Å². The van der Waals surface area contributed by atoms with Crippen molar-refractivity contribution in [2.45, 2.75) is 355 Å². The fourth-order valence-electron chi connectivity index (χ4n) is 8.33. The van der Waals surface area contributed by atoms with Crippen molar-refractivity contribution in [3.05, 3.63) is 36.5 Å². The molecule has 3 unspecified atom stereocenters. The Labute approximate surface area is 557 Å². The van der Waals surface area contributed by atoms with Crippen molar-refractivity contribution < 1.29 is 67.1 Å². The molecule has 0 bridgehead atoms. The van der Waals surface area contributed by atoms with Crippen molar-refractivity contribution in [1.29, 1.82) is 0 Å². The maximum absolute atomic E-state index is 9.46. The molecule has 0 amide bonds. The molecule has 1 N–H and O–H groups in total. The first kappa shape index (κ1) is 96.0. The smallest absolute Gasteiger partial charge is 1.00 e. The molecule has 0 saturated carbocycles. The van der Waals surface area contributed by atoms with E-state index >= 15 is 0 Å². The first-order chi connectivity index (χ1) is 35.1. The van der Waals surface area contributed by atoms with Gasteiger partial charge < -0.3 is 48.2 Å². The van der Waals surface area contributed by atoms with E-state index in [1.54, 1.807) is 0 Å². The molecule has 499 valence electrons. The largest absolute Gasteiger partial charge is 1.00 e. The Kier molecular flexibility index (Phi) is 45.0. The van der Waals surface area contributed by atoms with Gasteiger partial charge in [0.25, 0.3) is 0 Å². The molecule has 84 heavy (non-hydrogen) atoms. The van der Waals surface area contributed by atoms with Crippen LogP contribution in [0, 0.1) is 35.5 Å². The molecular weight excluding hydrogens is 1210 g/mol. The summed E-state index contributed by atoms with van der Waals surface area (Å²) in [6.07, 6.45) is 16.6. The minimum absolute atomic E-state index is 0. The molecule has 16 heteroatoms. The van der Waals surface area contributed by atoms with Crippen LogP contribution in [0.1, 0.15) is 230 Å². The van der Waals surface area contributed by atoms with E-state index in [1.165, 1.54) is 0 Å². The third-order valence-electron chi connectivity index (χ3n) is 17.7. The minimum Gasteiger partial charge on any atom is -1.00 e. The standard InChI is InChI=1S/C22H44O3Si.C21H41IO3Si.C21H42O4Si.4CH4.B.Li.H/c1-12-13-18-20(24-22(8,9)23-18)19(15-14-17(4)16(2)3)25-26(10,11)21(5,6)7;2*1-15(2)16(3)11-12-18(25-26(9,10)20(4,5)6)19-17(13-14-22)23-21(7,8)24-19;;;;;;;/h14-20H,12-13H2,1-11H3;11-12,15-19H,13-14H2,1-10H3;11-12,15-19,22H,13-14H2,1-10H3;4*1H4;;;/q;;;;;;;;+1;-1/b15-14-;2*12-11-;;;;;;;/t17-,18+,19?,20+;2*16-,17+,18?,19+;;;;;;;/m111......./s1. The predicted molar refractivity (Wildman–Crippen MR) is 381 cm³/mol. The van der Waals surface area contributed by atoms with Gasteiger partial charge in [-0.15, -0.1) is 0 Å². The molecule has 3 heterocycles. The van der Waals surface area contributed by atoms with Gasteiger partial charge in [0.05, 0.1) is 36.6 Å². The monoisotopic (exact) mass is 1350 g/mol. The Bertz CT molecular complexity index is 1630. The van der Waals surface area contributed by atoms with Crippen molar-refractivity contribution in [3.8, 4) is 0 Å². The Morgan fingerprint density at radius 3 is 0.869 bits per heavy atom. The number of hydrogen-bond donors (Lipinski definition) is 1. The zero-order valence-corrected chi connectivity index (χ0v) is 63.1. The Morgan fingerprint density at radius 2 is 0.679 bits per heavy atom. The van der Waals surface area contributed by atoms with E-state index in [2.05, 4.69) is 230 Å². The van der Waals surface area contributed by atoms with Gasteiger partial charge in [-0.25, -0.2) is 0 Å². The van der Waals surface area contributed by atoms with Crippen molar-refractivity contribution >= 4 is 56.0 Å². The molecule has 3 rings (SSSR count).